The molecule has 0 unspecified atom stereocenters. The fourth-order valence-corrected chi connectivity index (χ4v) is 1.65. The van der Waals surface area contributed by atoms with E-state index in [2.05, 4.69) is 0 Å². The molecule has 0 saturated heterocycles. The molecule has 0 radical (unpaired) electrons. The maximum atomic E-state index is 10.6. The van der Waals surface area contributed by atoms with Gasteiger partial charge in [0.2, 0.25) is 0 Å². The summed E-state index contributed by atoms with van der Waals surface area (Å²) in [6.07, 6.45) is 0.646. The smallest absolute Gasteiger partial charge is 0.272 e. The number of halogens is 1. The Balaban J connectivity index is 0.00000128. The zero-order valence-corrected chi connectivity index (χ0v) is 9.20. The molecule has 88 valence electrons. The fourth-order valence-electron chi connectivity index (χ4n) is 1.65. The molecule has 1 heterocycles. The Morgan fingerprint density at radius 3 is 2.81 bits per heavy atom. The Labute approximate surface area is 98.1 Å². The molecular formula is C9H12ClN3O3. The molecule has 2 rings (SSSR count). The third-order valence-electron chi connectivity index (χ3n) is 2.42. The van der Waals surface area contributed by atoms with E-state index in [-0.39, 0.29) is 29.8 Å². The second kappa shape index (κ2) is 4.54. The van der Waals surface area contributed by atoms with Gasteiger partial charge >= 0.3 is 0 Å². The van der Waals surface area contributed by atoms with E-state index in [4.69, 9.17) is 16.2 Å². The van der Waals surface area contributed by atoms with Gasteiger partial charge < -0.3 is 16.2 Å². The van der Waals surface area contributed by atoms with E-state index in [1.807, 2.05) is 0 Å². The van der Waals surface area contributed by atoms with Crippen molar-refractivity contribution >= 4 is 23.8 Å². The highest BCUT2D eigenvalue weighted by molar-refractivity contribution is 5.85. The molecule has 0 bridgehead atoms. The number of nitrogens with two attached hydrogens (primary N) is 2. The van der Waals surface area contributed by atoms with Crippen LogP contribution in [-0.2, 0) is 0 Å². The van der Waals surface area contributed by atoms with Crippen LogP contribution in [0.15, 0.2) is 12.1 Å². The Bertz CT molecular complexity index is 425. The van der Waals surface area contributed by atoms with Crippen molar-refractivity contribution in [3.05, 3.63) is 27.8 Å². The summed E-state index contributed by atoms with van der Waals surface area (Å²) in [6, 6.07) is 2.47. The highest BCUT2D eigenvalue weighted by Gasteiger charge is 2.23. The van der Waals surface area contributed by atoms with Gasteiger partial charge in [0.25, 0.3) is 5.69 Å². The van der Waals surface area contributed by atoms with E-state index in [0.717, 1.165) is 0 Å². The third kappa shape index (κ3) is 2.02. The van der Waals surface area contributed by atoms with Crippen molar-refractivity contribution in [2.45, 2.75) is 12.5 Å². The summed E-state index contributed by atoms with van der Waals surface area (Å²) >= 11 is 0. The van der Waals surface area contributed by atoms with E-state index in [1.54, 1.807) is 0 Å². The number of nitrogens with zero attached hydrogens (tertiary/aromatic N) is 1. The lowest BCUT2D eigenvalue weighted by Gasteiger charge is -2.23. The largest absolute Gasteiger partial charge is 0.491 e. The van der Waals surface area contributed by atoms with Gasteiger partial charge in [-0.05, 0) is 0 Å². The summed E-state index contributed by atoms with van der Waals surface area (Å²) in [7, 11) is 0. The minimum atomic E-state index is -0.488. The summed E-state index contributed by atoms with van der Waals surface area (Å²) in [6.45, 7) is 0.496. The maximum Gasteiger partial charge on any atom is 0.272 e. The van der Waals surface area contributed by atoms with Gasteiger partial charge in [-0.2, -0.15) is 0 Å². The van der Waals surface area contributed by atoms with Gasteiger partial charge in [0.05, 0.1) is 17.2 Å². The van der Waals surface area contributed by atoms with Crippen LogP contribution < -0.4 is 16.2 Å². The van der Waals surface area contributed by atoms with Crippen LogP contribution in [0.1, 0.15) is 18.0 Å². The number of anilines is 1. The quantitative estimate of drug-likeness (QED) is 0.442. The monoisotopic (exact) mass is 245 g/mol. The molecule has 0 aromatic heterocycles. The Morgan fingerprint density at radius 2 is 2.19 bits per heavy atom. The Kier molecular flexibility index (Phi) is 3.56. The number of nitro benzene ring substituents is 1. The van der Waals surface area contributed by atoms with Gasteiger partial charge in [-0.1, -0.05) is 0 Å². The average Bonchev–Trinajstić information content (AvgIpc) is 2.19. The zero-order chi connectivity index (χ0) is 11.0. The van der Waals surface area contributed by atoms with Gasteiger partial charge in [-0.3, -0.25) is 10.1 Å². The molecule has 1 aliphatic heterocycles. The predicted octanol–water partition coefficient (Wildman–Crippen LogP) is 1.38. The predicted molar refractivity (Wildman–Crippen MR) is 61.8 cm³/mol. The summed E-state index contributed by atoms with van der Waals surface area (Å²) in [5.74, 6) is 0.486. The second-order valence-corrected chi connectivity index (χ2v) is 3.45. The molecule has 16 heavy (non-hydrogen) atoms. The summed E-state index contributed by atoms with van der Waals surface area (Å²) in [5, 5.41) is 10.6. The zero-order valence-electron chi connectivity index (χ0n) is 8.38. The lowest BCUT2D eigenvalue weighted by Crippen LogP contribution is -2.21. The topological polar surface area (TPSA) is 104 Å². The molecule has 1 aromatic rings. The highest BCUT2D eigenvalue weighted by Crippen LogP contribution is 2.38. The Hall–Kier alpha value is -1.53. The minimum Gasteiger partial charge on any atom is -0.491 e. The van der Waals surface area contributed by atoms with Crippen molar-refractivity contribution < 1.29 is 9.66 Å². The SMILES string of the molecule is Cl.Nc1cc([N+](=O)[O-])cc2c1OCC[C@H]2N. The lowest BCUT2D eigenvalue weighted by atomic mass is 10.00. The van der Waals surface area contributed by atoms with E-state index < -0.39 is 4.92 Å². The number of non-ortho nitro benzene ring substituents is 1. The summed E-state index contributed by atoms with van der Waals surface area (Å²) < 4.78 is 5.33. The molecule has 1 aliphatic rings. The van der Waals surface area contributed by atoms with Gasteiger partial charge in [0, 0.05) is 30.2 Å². The van der Waals surface area contributed by atoms with Crippen molar-refractivity contribution in [3.8, 4) is 5.75 Å². The lowest BCUT2D eigenvalue weighted by molar-refractivity contribution is -0.384. The van der Waals surface area contributed by atoms with E-state index >= 15 is 0 Å². The summed E-state index contributed by atoms with van der Waals surface area (Å²) in [4.78, 5) is 10.1. The molecule has 1 atom stereocenters. The number of nitrogen functional groups attached to an aromatic ring is 1. The number of hydrogen-bond donors (Lipinski definition) is 2. The molecule has 4 N–H and O–H groups in total. The van der Waals surface area contributed by atoms with E-state index in [9.17, 15) is 10.1 Å². The van der Waals surface area contributed by atoms with Crippen LogP contribution in [0.5, 0.6) is 5.75 Å². The normalized spacial score (nSPS) is 17.9. The van der Waals surface area contributed by atoms with Crippen LogP contribution in [0.25, 0.3) is 0 Å². The number of rotatable bonds is 1. The van der Waals surface area contributed by atoms with Crippen molar-refractivity contribution in [1.82, 2.24) is 0 Å². The van der Waals surface area contributed by atoms with Crippen molar-refractivity contribution in [3.63, 3.8) is 0 Å². The second-order valence-electron chi connectivity index (χ2n) is 3.45. The first-order chi connectivity index (χ1) is 7.09. The number of nitro groups is 1. The minimum absolute atomic E-state index is 0. The molecule has 1 aromatic carbocycles. The number of ether oxygens (including phenoxy) is 1. The van der Waals surface area contributed by atoms with Gasteiger partial charge in [0.1, 0.15) is 5.75 Å². The number of benzene rings is 1. The van der Waals surface area contributed by atoms with Crippen LogP contribution in [0.4, 0.5) is 11.4 Å². The van der Waals surface area contributed by atoms with Crippen LogP contribution in [0.2, 0.25) is 0 Å². The first kappa shape index (κ1) is 12.5. The number of fused-ring (bicyclic) bond motifs is 1. The molecule has 0 fully saturated rings. The first-order valence-electron chi connectivity index (χ1n) is 4.56. The molecule has 6 nitrogen and oxygen atoms in total. The van der Waals surface area contributed by atoms with Crippen LogP contribution in [0, 0.1) is 10.1 Å². The molecule has 0 spiro atoms. The van der Waals surface area contributed by atoms with Crippen LogP contribution in [0.3, 0.4) is 0 Å². The Morgan fingerprint density at radius 1 is 1.50 bits per heavy atom. The molecule has 0 aliphatic carbocycles. The summed E-state index contributed by atoms with van der Waals surface area (Å²) in [5.41, 5.74) is 12.3. The molecule has 0 amide bonds. The van der Waals surface area contributed by atoms with Gasteiger partial charge in [-0.15, -0.1) is 12.4 Å². The van der Waals surface area contributed by atoms with Crippen molar-refractivity contribution in [2.24, 2.45) is 5.73 Å². The number of hydrogen-bond acceptors (Lipinski definition) is 5. The highest BCUT2D eigenvalue weighted by atomic mass is 35.5. The standard InChI is InChI=1S/C9H11N3O3.ClH/c10-7-1-2-15-9-6(7)3-5(12(13)14)4-8(9)11;/h3-4,7H,1-2,10-11H2;1H/t7-;/m1./s1. The third-order valence-corrected chi connectivity index (χ3v) is 2.42. The van der Waals surface area contributed by atoms with Crippen molar-refractivity contribution in [1.29, 1.82) is 0 Å². The molecule has 7 heteroatoms. The molecule has 0 saturated carbocycles. The van der Waals surface area contributed by atoms with Gasteiger partial charge in [0.15, 0.2) is 0 Å². The van der Waals surface area contributed by atoms with Crippen LogP contribution in [-0.4, -0.2) is 11.5 Å². The first-order valence-corrected chi connectivity index (χ1v) is 4.56. The van der Waals surface area contributed by atoms with Gasteiger partial charge in [-0.25, -0.2) is 0 Å². The van der Waals surface area contributed by atoms with E-state index in [1.165, 1.54) is 12.1 Å². The van der Waals surface area contributed by atoms with E-state index in [0.29, 0.717) is 24.3 Å². The fraction of sp³-hybridized carbons (Fsp3) is 0.333. The van der Waals surface area contributed by atoms with Crippen molar-refractivity contribution in [2.75, 3.05) is 12.3 Å². The molecular weight excluding hydrogens is 234 g/mol. The van der Waals surface area contributed by atoms with Crippen LogP contribution >= 0.6 is 12.4 Å². The average molecular weight is 246 g/mol. The maximum absolute atomic E-state index is 10.6.